The lowest BCUT2D eigenvalue weighted by molar-refractivity contribution is -0.129. The van der Waals surface area contributed by atoms with Gasteiger partial charge in [-0.15, -0.1) is 0 Å². The third kappa shape index (κ3) is 3.36. The number of halogens is 4. The van der Waals surface area contributed by atoms with Crippen LogP contribution in [0.3, 0.4) is 0 Å². The highest BCUT2D eigenvalue weighted by molar-refractivity contribution is 6.30. The van der Waals surface area contributed by atoms with Gasteiger partial charge in [0.2, 0.25) is 11.7 Å². The van der Waals surface area contributed by atoms with E-state index in [0.29, 0.717) is 0 Å². The lowest BCUT2D eigenvalue weighted by Crippen LogP contribution is -2.13. The Kier molecular flexibility index (Phi) is 4.39. The average molecular weight is 305 g/mol. The third-order valence-electron chi connectivity index (χ3n) is 2.46. The van der Waals surface area contributed by atoms with E-state index in [-0.39, 0.29) is 28.7 Å². The smallest absolute Gasteiger partial charge is 0.296 e. The fraction of sp³-hybridized carbons (Fsp3) is 0.250. The van der Waals surface area contributed by atoms with Crippen molar-refractivity contribution >= 4 is 17.4 Å². The van der Waals surface area contributed by atoms with E-state index in [1.807, 2.05) is 0 Å². The summed E-state index contributed by atoms with van der Waals surface area (Å²) in [6.07, 6.45) is -3.75. The number of aromatic nitrogens is 2. The van der Waals surface area contributed by atoms with Crippen LogP contribution in [0.4, 0.5) is 13.2 Å². The molecule has 0 bridgehead atoms. The Labute approximate surface area is 116 Å². The first-order valence-corrected chi connectivity index (χ1v) is 5.90. The molecule has 0 saturated heterocycles. The number of rotatable bonds is 5. The Balaban J connectivity index is 2.10. The van der Waals surface area contributed by atoms with Crippen LogP contribution in [0.1, 0.15) is 17.3 Å². The Morgan fingerprint density at radius 3 is 2.85 bits per heavy atom. The molecule has 0 unspecified atom stereocenters. The van der Waals surface area contributed by atoms with E-state index < -0.39 is 24.4 Å². The number of carbonyl (C=O) groups excluding carboxylic acids is 1. The summed E-state index contributed by atoms with van der Waals surface area (Å²) in [6.45, 7) is 0. The molecule has 0 radical (unpaired) electrons. The highest BCUT2D eigenvalue weighted by atomic mass is 35.5. The Morgan fingerprint density at radius 1 is 1.40 bits per heavy atom. The largest absolute Gasteiger partial charge is 0.339 e. The molecular weight excluding hydrogens is 297 g/mol. The molecule has 0 saturated carbocycles. The predicted molar refractivity (Wildman–Crippen MR) is 63.2 cm³/mol. The summed E-state index contributed by atoms with van der Waals surface area (Å²) in [5.41, 5.74) is 0.241. The molecular formula is C12H8ClF3N2O2. The summed E-state index contributed by atoms with van der Waals surface area (Å²) < 4.78 is 42.4. The van der Waals surface area contributed by atoms with E-state index in [1.54, 1.807) is 6.07 Å². The molecule has 1 aromatic carbocycles. The quantitative estimate of drug-likeness (QED) is 0.852. The van der Waals surface area contributed by atoms with Crippen molar-refractivity contribution in [1.82, 2.24) is 10.1 Å². The van der Waals surface area contributed by atoms with Gasteiger partial charge in [-0.05, 0) is 11.6 Å². The van der Waals surface area contributed by atoms with Gasteiger partial charge in [-0.3, -0.25) is 4.79 Å². The number of carbonyl (C=O) groups is 1. The standard InChI is InChI=1S/C12H8ClF3N2O2/c13-7-3-1-2-6(11(7)14)4-9-17-10(20-18-9)5-8(19)12(15)16/h1-3,12H,4-5H2. The van der Waals surface area contributed by atoms with Gasteiger partial charge >= 0.3 is 0 Å². The number of alkyl halides is 2. The number of hydrogen-bond donors (Lipinski definition) is 0. The monoisotopic (exact) mass is 304 g/mol. The minimum absolute atomic E-state index is 0.0151. The average Bonchev–Trinajstić information content (AvgIpc) is 2.82. The zero-order chi connectivity index (χ0) is 14.7. The summed E-state index contributed by atoms with van der Waals surface area (Å²) in [7, 11) is 0. The predicted octanol–water partition coefficient (Wildman–Crippen LogP) is 2.83. The maximum absolute atomic E-state index is 13.6. The molecule has 106 valence electrons. The first-order valence-electron chi connectivity index (χ1n) is 5.52. The van der Waals surface area contributed by atoms with Crippen molar-refractivity contribution in [2.45, 2.75) is 19.3 Å². The van der Waals surface area contributed by atoms with E-state index in [9.17, 15) is 18.0 Å². The number of hydrogen-bond acceptors (Lipinski definition) is 4. The van der Waals surface area contributed by atoms with Gasteiger partial charge in [-0.25, -0.2) is 13.2 Å². The molecule has 1 heterocycles. The molecule has 0 aliphatic rings. The second-order valence-corrected chi connectivity index (χ2v) is 4.35. The molecule has 8 heteroatoms. The summed E-state index contributed by atoms with van der Waals surface area (Å²) in [5, 5.41) is 3.46. The molecule has 1 aromatic heterocycles. The zero-order valence-corrected chi connectivity index (χ0v) is 10.7. The Morgan fingerprint density at radius 2 is 2.15 bits per heavy atom. The fourth-order valence-electron chi connectivity index (χ4n) is 1.52. The SMILES string of the molecule is O=C(Cc1nc(Cc2cccc(Cl)c2F)no1)C(F)F. The van der Waals surface area contributed by atoms with Crippen LogP contribution in [0, 0.1) is 5.82 Å². The maximum Gasteiger partial charge on any atom is 0.296 e. The van der Waals surface area contributed by atoms with Gasteiger partial charge in [-0.2, -0.15) is 4.98 Å². The minimum atomic E-state index is -3.09. The highest BCUT2D eigenvalue weighted by Gasteiger charge is 2.20. The van der Waals surface area contributed by atoms with Gasteiger partial charge < -0.3 is 4.52 Å². The van der Waals surface area contributed by atoms with Gasteiger partial charge in [0.25, 0.3) is 6.43 Å². The van der Waals surface area contributed by atoms with Gasteiger partial charge in [-0.1, -0.05) is 28.9 Å². The van der Waals surface area contributed by atoms with Crippen LogP contribution in [0.15, 0.2) is 22.7 Å². The molecule has 20 heavy (non-hydrogen) atoms. The molecule has 0 fully saturated rings. The van der Waals surface area contributed by atoms with Crippen LogP contribution in [0.25, 0.3) is 0 Å². The van der Waals surface area contributed by atoms with E-state index in [0.717, 1.165) is 0 Å². The van der Waals surface area contributed by atoms with Crippen molar-refractivity contribution in [3.05, 3.63) is 46.3 Å². The lowest BCUT2D eigenvalue weighted by Gasteiger charge is -2.00. The molecule has 0 aliphatic heterocycles. The molecule has 4 nitrogen and oxygen atoms in total. The second kappa shape index (κ2) is 6.04. The molecule has 2 aromatic rings. The van der Waals surface area contributed by atoms with Gasteiger partial charge in [0.15, 0.2) is 5.82 Å². The first kappa shape index (κ1) is 14.5. The normalized spacial score (nSPS) is 11.1. The Hall–Kier alpha value is -1.89. The van der Waals surface area contributed by atoms with Crippen LogP contribution in [0.2, 0.25) is 5.02 Å². The van der Waals surface area contributed by atoms with Gasteiger partial charge in [0, 0.05) is 6.42 Å². The third-order valence-corrected chi connectivity index (χ3v) is 2.75. The van der Waals surface area contributed by atoms with E-state index in [4.69, 9.17) is 11.6 Å². The van der Waals surface area contributed by atoms with E-state index in [1.165, 1.54) is 12.1 Å². The topological polar surface area (TPSA) is 56.0 Å². The first-order chi connectivity index (χ1) is 9.47. The summed E-state index contributed by atoms with van der Waals surface area (Å²) in [4.78, 5) is 14.6. The van der Waals surface area contributed by atoms with Crippen molar-refractivity contribution in [3.8, 4) is 0 Å². The molecule has 2 rings (SSSR count). The zero-order valence-electron chi connectivity index (χ0n) is 9.95. The number of ketones is 1. The van der Waals surface area contributed by atoms with Crippen LogP contribution < -0.4 is 0 Å². The number of Topliss-reactive ketones (excluding diaryl/α,β-unsaturated/α-hetero) is 1. The summed E-state index contributed by atoms with van der Waals surface area (Å²) >= 11 is 5.62. The molecule has 0 amide bonds. The summed E-state index contributed by atoms with van der Waals surface area (Å²) in [6, 6.07) is 4.44. The van der Waals surface area contributed by atoms with Gasteiger partial charge in [0.1, 0.15) is 5.82 Å². The van der Waals surface area contributed by atoms with Crippen molar-refractivity contribution < 1.29 is 22.5 Å². The van der Waals surface area contributed by atoms with Gasteiger partial charge in [0.05, 0.1) is 11.4 Å². The second-order valence-electron chi connectivity index (χ2n) is 3.94. The fourth-order valence-corrected chi connectivity index (χ4v) is 1.71. The van der Waals surface area contributed by atoms with Crippen LogP contribution in [0.5, 0.6) is 0 Å². The van der Waals surface area contributed by atoms with Crippen molar-refractivity contribution in [1.29, 1.82) is 0 Å². The molecule has 0 N–H and O–H groups in total. The molecule has 0 atom stereocenters. The highest BCUT2D eigenvalue weighted by Crippen LogP contribution is 2.19. The minimum Gasteiger partial charge on any atom is -0.339 e. The van der Waals surface area contributed by atoms with Crippen molar-refractivity contribution in [2.75, 3.05) is 0 Å². The number of nitrogens with zero attached hydrogens (tertiary/aromatic N) is 2. The summed E-state index contributed by atoms with van der Waals surface area (Å²) in [5.74, 6) is -2.06. The van der Waals surface area contributed by atoms with Crippen LogP contribution in [-0.2, 0) is 17.6 Å². The van der Waals surface area contributed by atoms with E-state index in [2.05, 4.69) is 14.7 Å². The van der Waals surface area contributed by atoms with Crippen LogP contribution >= 0.6 is 11.6 Å². The lowest BCUT2D eigenvalue weighted by atomic mass is 10.1. The maximum atomic E-state index is 13.6. The Bertz CT molecular complexity index is 631. The number of benzene rings is 1. The molecule has 0 spiro atoms. The van der Waals surface area contributed by atoms with Crippen molar-refractivity contribution in [2.24, 2.45) is 0 Å². The molecule has 0 aliphatic carbocycles. The van der Waals surface area contributed by atoms with E-state index >= 15 is 0 Å². The van der Waals surface area contributed by atoms with Crippen molar-refractivity contribution in [3.63, 3.8) is 0 Å². The van der Waals surface area contributed by atoms with Crippen LogP contribution in [-0.4, -0.2) is 22.3 Å².